The molecular weight excluding hydrogens is 576 g/mol. The van der Waals surface area contributed by atoms with Crippen molar-refractivity contribution in [2.75, 3.05) is 6.54 Å². The van der Waals surface area contributed by atoms with Gasteiger partial charge in [0.1, 0.15) is 17.8 Å². The van der Waals surface area contributed by atoms with Gasteiger partial charge in [0, 0.05) is 12.1 Å². The Morgan fingerprint density at radius 1 is 1.00 bits per heavy atom. The molecule has 4 nitrogen and oxygen atoms in total. The summed E-state index contributed by atoms with van der Waals surface area (Å²) in [7, 11) is 0. The van der Waals surface area contributed by atoms with Crippen LogP contribution in [-0.2, 0) is 11.0 Å². The van der Waals surface area contributed by atoms with E-state index < -0.39 is 64.2 Å². The molecule has 0 spiro atoms. The number of alkyl halides is 6. The molecule has 37 heavy (non-hydrogen) atoms. The lowest BCUT2D eigenvalue weighted by atomic mass is 9.95. The first-order valence-electron chi connectivity index (χ1n) is 10.4. The molecule has 0 heterocycles. The number of likely N-dealkylation sites (N-methyl/N-ethyl adjacent to an activating group) is 1. The largest absolute Gasteiger partial charge is 0.417 e. The number of halogens is 10. The predicted molar refractivity (Wildman–Crippen MR) is 126 cm³/mol. The van der Waals surface area contributed by atoms with Gasteiger partial charge in [0.25, 0.3) is 5.91 Å². The van der Waals surface area contributed by atoms with Crippen molar-refractivity contribution in [3.8, 4) is 0 Å². The van der Waals surface area contributed by atoms with Crippen LogP contribution >= 0.6 is 34.8 Å². The van der Waals surface area contributed by atoms with Crippen molar-refractivity contribution in [3.05, 3.63) is 73.7 Å². The zero-order valence-corrected chi connectivity index (χ0v) is 21.2. The van der Waals surface area contributed by atoms with Crippen LogP contribution in [0.2, 0.25) is 15.1 Å². The Bertz CT molecular complexity index is 1190. The first-order valence-corrected chi connectivity index (χ1v) is 11.5. The van der Waals surface area contributed by atoms with E-state index in [1.807, 2.05) is 0 Å². The van der Waals surface area contributed by atoms with Crippen LogP contribution in [0, 0.1) is 0 Å². The highest BCUT2D eigenvalue weighted by Gasteiger charge is 2.41. The highest BCUT2D eigenvalue weighted by Crippen LogP contribution is 2.42. The van der Waals surface area contributed by atoms with E-state index in [0.717, 1.165) is 12.1 Å². The maximum atomic E-state index is 14.9. The molecule has 2 amide bonds. The highest BCUT2D eigenvalue weighted by molar-refractivity contribution is 6.48. The number of hydrogen-bond acceptors (Lipinski definition) is 2. The smallest absolute Gasteiger partial charge is 0.355 e. The normalized spacial score (nSPS) is 14.2. The lowest BCUT2D eigenvalue weighted by molar-refractivity contribution is -0.140. The van der Waals surface area contributed by atoms with Crippen LogP contribution in [0.3, 0.4) is 0 Å². The molecule has 0 radical (unpaired) electrons. The molecule has 2 unspecified atom stereocenters. The number of carbonyl (C=O) groups excluding carboxylic acids is 2. The van der Waals surface area contributed by atoms with Gasteiger partial charge in [-0.2, -0.15) is 26.3 Å². The Kier molecular flexibility index (Phi) is 9.89. The minimum atomic E-state index is -5.18. The number of amides is 2. The first kappa shape index (κ1) is 30.7. The quantitative estimate of drug-likeness (QED) is 0.257. The van der Waals surface area contributed by atoms with Crippen LogP contribution in [0.1, 0.15) is 46.8 Å². The summed E-state index contributed by atoms with van der Waals surface area (Å²) in [5.41, 5.74) is -4.05. The lowest BCUT2D eigenvalue weighted by Gasteiger charge is -2.19. The summed E-state index contributed by atoms with van der Waals surface area (Å²) >= 11 is 17.3. The second kappa shape index (κ2) is 11.9. The Hall–Kier alpha value is -2.50. The Morgan fingerprint density at radius 3 is 2.05 bits per heavy atom. The third kappa shape index (κ3) is 7.75. The third-order valence-electron chi connectivity index (χ3n) is 4.97. The van der Waals surface area contributed by atoms with E-state index >= 15 is 0 Å². The number of allylic oxidation sites excluding steroid dienone is 1. The van der Waals surface area contributed by atoms with Gasteiger partial charge in [-0.1, -0.05) is 40.9 Å². The second-order valence-electron chi connectivity index (χ2n) is 7.68. The van der Waals surface area contributed by atoms with Gasteiger partial charge in [0.05, 0.1) is 26.2 Å². The van der Waals surface area contributed by atoms with E-state index in [1.54, 1.807) is 6.92 Å². The van der Waals surface area contributed by atoms with E-state index in [-0.39, 0.29) is 33.8 Å². The van der Waals surface area contributed by atoms with Crippen LogP contribution in [-0.4, -0.2) is 30.6 Å². The molecule has 202 valence electrons. The van der Waals surface area contributed by atoms with E-state index in [4.69, 9.17) is 34.8 Å². The summed E-state index contributed by atoms with van der Waals surface area (Å²) in [6, 6.07) is 1.93. The van der Waals surface area contributed by atoms with E-state index in [0.29, 0.717) is 12.1 Å². The molecule has 0 saturated heterocycles. The van der Waals surface area contributed by atoms with E-state index in [2.05, 4.69) is 10.6 Å². The van der Waals surface area contributed by atoms with Crippen molar-refractivity contribution in [1.29, 1.82) is 0 Å². The van der Waals surface area contributed by atoms with Gasteiger partial charge in [-0.05, 0) is 49.8 Å². The molecule has 2 N–H and O–H groups in total. The third-order valence-corrected chi connectivity index (χ3v) is 6.17. The molecule has 0 saturated carbocycles. The van der Waals surface area contributed by atoms with Crippen molar-refractivity contribution in [2.45, 2.75) is 38.2 Å². The molecule has 0 aliphatic heterocycles. The fourth-order valence-electron chi connectivity index (χ4n) is 3.17. The van der Waals surface area contributed by atoms with Crippen molar-refractivity contribution >= 4 is 52.4 Å². The Morgan fingerprint density at radius 2 is 1.57 bits per heavy atom. The minimum Gasteiger partial charge on any atom is -0.355 e. The van der Waals surface area contributed by atoms with Gasteiger partial charge in [-0.15, -0.1) is 0 Å². The summed E-state index contributed by atoms with van der Waals surface area (Å²) in [6.45, 7) is 3.04. The SMILES string of the molecule is CCNC(=O)C(C)NC(=O)c1ccc(/C(F)=C/C(c2cc(Cl)c(Cl)c(Cl)c2)C(F)(F)F)cc1C(F)(F)F. The minimum absolute atomic E-state index is 0.0578. The van der Waals surface area contributed by atoms with Crippen LogP contribution in [0.5, 0.6) is 0 Å². The number of rotatable bonds is 7. The summed E-state index contributed by atoms with van der Waals surface area (Å²) < 4.78 is 97.2. The van der Waals surface area contributed by atoms with Crippen molar-refractivity contribution in [2.24, 2.45) is 0 Å². The average molecular weight is 594 g/mol. The molecule has 2 rings (SSSR count). The maximum absolute atomic E-state index is 14.9. The van der Waals surface area contributed by atoms with Crippen LogP contribution < -0.4 is 10.6 Å². The molecule has 2 atom stereocenters. The molecule has 0 aliphatic carbocycles. The molecule has 2 aromatic carbocycles. The summed E-state index contributed by atoms with van der Waals surface area (Å²) in [6.07, 6.45) is -10.2. The van der Waals surface area contributed by atoms with Crippen molar-refractivity contribution in [3.63, 3.8) is 0 Å². The molecule has 14 heteroatoms. The number of hydrogen-bond donors (Lipinski definition) is 2. The monoisotopic (exact) mass is 592 g/mol. The Balaban J connectivity index is 2.53. The fraction of sp³-hybridized carbons (Fsp3) is 0.304. The van der Waals surface area contributed by atoms with Gasteiger partial charge in [0.15, 0.2) is 0 Å². The Labute approximate surface area is 221 Å². The van der Waals surface area contributed by atoms with Gasteiger partial charge in [-0.25, -0.2) is 4.39 Å². The van der Waals surface area contributed by atoms with Crippen LogP contribution in [0.4, 0.5) is 30.7 Å². The molecule has 0 aromatic heterocycles. The van der Waals surface area contributed by atoms with E-state index in [1.165, 1.54) is 6.92 Å². The van der Waals surface area contributed by atoms with Gasteiger partial charge >= 0.3 is 12.4 Å². The zero-order valence-electron chi connectivity index (χ0n) is 18.9. The molecular formula is C23H18Cl3F7N2O2. The summed E-state index contributed by atoms with van der Waals surface area (Å²) in [5.74, 6) is -6.25. The lowest BCUT2D eigenvalue weighted by Crippen LogP contribution is -2.45. The molecule has 0 bridgehead atoms. The van der Waals surface area contributed by atoms with Gasteiger partial charge in [-0.3, -0.25) is 9.59 Å². The fourth-order valence-corrected chi connectivity index (χ4v) is 3.78. The van der Waals surface area contributed by atoms with Crippen molar-refractivity contribution in [1.82, 2.24) is 10.6 Å². The molecule has 0 aliphatic rings. The number of benzene rings is 2. The van der Waals surface area contributed by atoms with Gasteiger partial charge < -0.3 is 10.6 Å². The highest BCUT2D eigenvalue weighted by atomic mass is 35.5. The molecule has 0 fully saturated rings. The van der Waals surface area contributed by atoms with Crippen LogP contribution in [0.15, 0.2) is 36.4 Å². The first-order chi connectivity index (χ1) is 17.0. The summed E-state index contributed by atoms with van der Waals surface area (Å²) in [5, 5.41) is 3.54. The van der Waals surface area contributed by atoms with Gasteiger partial charge in [0.2, 0.25) is 5.91 Å². The molecule has 2 aromatic rings. The van der Waals surface area contributed by atoms with E-state index in [9.17, 15) is 40.3 Å². The predicted octanol–water partition coefficient (Wildman–Crippen LogP) is 7.58. The summed E-state index contributed by atoms with van der Waals surface area (Å²) in [4.78, 5) is 24.2. The number of nitrogens with one attached hydrogen (secondary N) is 2. The second-order valence-corrected chi connectivity index (χ2v) is 8.87. The standard InChI is InChI=1S/C23H18Cl3F7N2O2/c1-3-34-20(36)10(2)35-21(37)13-5-4-11(6-15(13)23(31,32)33)18(27)9-14(22(28,29)30)12-7-16(24)19(26)17(25)8-12/h4-10,14H,3H2,1-2H3,(H,34,36)(H,35,37)/b18-9-. The maximum Gasteiger partial charge on any atom is 0.417 e. The van der Waals surface area contributed by atoms with Crippen LogP contribution in [0.25, 0.3) is 5.83 Å². The number of carbonyl (C=O) groups is 2. The average Bonchev–Trinajstić information content (AvgIpc) is 2.78. The zero-order chi connectivity index (χ0) is 28.3. The van der Waals surface area contributed by atoms with Crippen molar-refractivity contribution < 1.29 is 40.3 Å². The topological polar surface area (TPSA) is 58.2 Å².